The summed E-state index contributed by atoms with van der Waals surface area (Å²) in [6, 6.07) is 20.0. The monoisotopic (exact) mass is 561 g/mol. The fourth-order valence-electron chi connectivity index (χ4n) is 5.38. The largest absolute Gasteiger partial charge is 0.359 e. The fourth-order valence-corrected chi connectivity index (χ4v) is 5.38. The molecule has 0 radical (unpaired) electrons. The Kier molecular flexibility index (Phi) is 8.56. The van der Waals surface area contributed by atoms with E-state index >= 15 is 0 Å². The Morgan fingerprint density at radius 3 is 0.881 bits per heavy atom. The maximum atomic E-state index is 3.95. The average Bonchev–Trinajstić information content (AvgIpc) is 3.54. The van der Waals surface area contributed by atoms with Crippen molar-refractivity contribution in [3.8, 4) is 0 Å². The first kappa shape index (κ1) is 31.2. The van der Waals surface area contributed by atoms with Crippen LogP contribution in [0.5, 0.6) is 0 Å². The summed E-state index contributed by atoms with van der Waals surface area (Å²) in [6.07, 6.45) is 2.91. The van der Waals surface area contributed by atoms with Gasteiger partial charge in [-0.3, -0.25) is 0 Å². The number of anilines is 3. The molecule has 0 amide bonds. The van der Waals surface area contributed by atoms with E-state index in [1.165, 1.54) is 50.4 Å². The molecule has 3 aromatic rings. The lowest BCUT2D eigenvalue weighted by atomic mass is 9.86. The Balaban J connectivity index is 0.000000145. The van der Waals surface area contributed by atoms with Crippen LogP contribution in [-0.2, 0) is 35.5 Å². The zero-order chi connectivity index (χ0) is 31.0. The number of hydrogen-bond donors (Lipinski definition) is 3. The van der Waals surface area contributed by atoms with Crippen LogP contribution in [0.15, 0.2) is 91.4 Å². The molecular weight excluding hydrogens is 510 g/mol. The van der Waals surface area contributed by atoms with Crippen LogP contribution < -0.4 is 16.0 Å². The molecule has 0 bridgehead atoms. The third-order valence-electron chi connectivity index (χ3n) is 8.06. The first-order valence-corrected chi connectivity index (χ1v) is 15.1. The molecule has 6 rings (SSSR count). The number of allylic oxidation sites excluding steroid dienone is 3. The molecule has 3 heterocycles. The molecule has 0 saturated carbocycles. The van der Waals surface area contributed by atoms with Crippen molar-refractivity contribution in [2.45, 2.75) is 97.8 Å². The Bertz CT molecular complexity index is 1330. The predicted octanol–water partition coefficient (Wildman–Crippen LogP) is 10.4. The fraction of sp³-hybridized carbons (Fsp3) is 0.385. The maximum absolute atomic E-state index is 3.95. The highest BCUT2D eigenvalue weighted by Crippen LogP contribution is 2.34. The van der Waals surface area contributed by atoms with Gasteiger partial charge in [0.15, 0.2) is 0 Å². The van der Waals surface area contributed by atoms with Gasteiger partial charge in [0, 0.05) is 53.4 Å². The van der Waals surface area contributed by atoms with E-state index in [-0.39, 0.29) is 16.2 Å². The molecule has 0 aromatic heterocycles. The van der Waals surface area contributed by atoms with E-state index in [4.69, 9.17) is 0 Å². The van der Waals surface area contributed by atoms with E-state index < -0.39 is 0 Å². The highest BCUT2D eigenvalue weighted by Gasteiger charge is 2.21. The van der Waals surface area contributed by atoms with Crippen LogP contribution in [0.3, 0.4) is 0 Å². The number of fused-ring (bicyclic) bond motifs is 3. The van der Waals surface area contributed by atoms with Gasteiger partial charge in [0.2, 0.25) is 0 Å². The van der Waals surface area contributed by atoms with E-state index in [9.17, 15) is 0 Å². The second-order valence-electron chi connectivity index (χ2n) is 15.1. The molecule has 3 heteroatoms. The van der Waals surface area contributed by atoms with Crippen molar-refractivity contribution < 1.29 is 0 Å². The summed E-state index contributed by atoms with van der Waals surface area (Å²) in [4.78, 5) is 0. The number of nitrogens with one attached hydrogen (secondary N) is 3. The smallest absolute Gasteiger partial charge is 0.0418 e. The second-order valence-corrected chi connectivity index (χ2v) is 15.1. The lowest BCUT2D eigenvalue weighted by molar-refractivity contribution is 0.589. The molecule has 0 spiro atoms. The van der Waals surface area contributed by atoms with Crippen molar-refractivity contribution in [2.24, 2.45) is 0 Å². The number of rotatable bonds is 0. The lowest BCUT2D eigenvalue weighted by Crippen LogP contribution is -2.11. The molecule has 222 valence electrons. The van der Waals surface area contributed by atoms with Crippen LogP contribution in [0.4, 0.5) is 17.1 Å². The summed E-state index contributed by atoms with van der Waals surface area (Å²) in [6.45, 7) is 32.0. The Labute approximate surface area is 255 Å². The Hall–Kier alpha value is -3.72. The number of benzene rings is 3. The van der Waals surface area contributed by atoms with Crippen molar-refractivity contribution in [1.29, 1.82) is 0 Å². The quantitative estimate of drug-likeness (QED) is 0.255. The lowest BCUT2D eigenvalue weighted by Gasteiger charge is -2.19. The van der Waals surface area contributed by atoms with E-state index in [0.717, 1.165) is 36.4 Å². The van der Waals surface area contributed by atoms with Crippen molar-refractivity contribution >= 4 is 17.1 Å². The van der Waals surface area contributed by atoms with Crippen LogP contribution in [0.2, 0.25) is 0 Å². The molecule has 3 nitrogen and oxygen atoms in total. The highest BCUT2D eigenvalue weighted by atomic mass is 14.9. The first-order chi connectivity index (χ1) is 19.4. The van der Waals surface area contributed by atoms with E-state index in [1.807, 2.05) is 0 Å². The van der Waals surface area contributed by atoms with Gasteiger partial charge in [0.05, 0.1) is 0 Å². The van der Waals surface area contributed by atoms with Crippen LogP contribution in [-0.4, -0.2) is 0 Å². The van der Waals surface area contributed by atoms with E-state index in [0.29, 0.717) is 0 Å². The van der Waals surface area contributed by atoms with E-state index in [1.54, 1.807) is 0 Å². The van der Waals surface area contributed by atoms with Gasteiger partial charge < -0.3 is 16.0 Å². The van der Waals surface area contributed by atoms with Gasteiger partial charge in [0.1, 0.15) is 0 Å². The SMILES string of the molecule is C=C1Cc2cc(C(C)(C)C)ccc2N1.C=C1Cc2cc(C(C)(C)C)ccc2N1.C=C1Cc2cc(C(C)(C)C)ccc2N1. The predicted molar refractivity (Wildman–Crippen MR) is 185 cm³/mol. The van der Waals surface area contributed by atoms with Crippen LogP contribution in [0.25, 0.3) is 0 Å². The van der Waals surface area contributed by atoms with Crippen LogP contribution >= 0.6 is 0 Å². The van der Waals surface area contributed by atoms with Gasteiger partial charge in [-0.2, -0.15) is 0 Å². The van der Waals surface area contributed by atoms with Crippen molar-refractivity contribution in [3.63, 3.8) is 0 Å². The second kappa shape index (κ2) is 11.5. The summed E-state index contributed by atoms with van der Waals surface area (Å²) in [5, 5.41) is 9.84. The minimum absolute atomic E-state index is 0.235. The zero-order valence-corrected chi connectivity index (χ0v) is 27.4. The molecule has 3 aromatic carbocycles. The molecule has 0 atom stereocenters. The van der Waals surface area contributed by atoms with Gasteiger partial charge >= 0.3 is 0 Å². The van der Waals surface area contributed by atoms with Gasteiger partial charge in [-0.25, -0.2) is 0 Å². The summed E-state index contributed by atoms with van der Waals surface area (Å²) in [7, 11) is 0. The molecule has 3 aliphatic heterocycles. The normalized spacial score (nSPS) is 15.2. The third-order valence-corrected chi connectivity index (χ3v) is 8.06. The molecule has 3 N–H and O–H groups in total. The van der Waals surface area contributed by atoms with Crippen LogP contribution in [0.1, 0.15) is 95.7 Å². The van der Waals surface area contributed by atoms with Gasteiger partial charge in [-0.1, -0.05) is 118 Å². The summed E-state index contributed by atoms with van der Waals surface area (Å²) in [5.74, 6) is 0. The third kappa shape index (κ3) is 7.56. The van der Waals surface area contributed by atoms with Gasteiger partial charge in [-0.05, 0) is 67.8 Å². The summed E-state index contributed by atoms with van der Waals surface area (Å²) >= 11 is 0. The topological polar surface area (TPSA) is 36.1 Å². The molecule has 0 aliphatic carbocycles. The minimum Gasteiger partial charge on any atom is -0.359 e. The molecule has 0 fully saturated rings. The minimum atomic E-state index is 0.235. The highest BCUT2D eigenvalue weighted by molar-refractivity contribution is 5.64. The van der Waals surface area contributed by atoms with Crippen LogP contribution in [0, 0.1) is 0 Å². The molecule has 0 saturated heterocycles. The Morgan fingerprint density at radius 2 is 0.667 bits per heavy atom. The first-order valence-electron chi connectivity index (χ1n) is 15.1. The van der Waals surface area contributed by atoms with Gasteiger partial charge in [0.25, 0.3) is 0 Å². The summed E-state index contributed by atoms with van der Waals surface area (Å²) in [5.41, 5.74) is 16.0. The van der Waals surface area contributed by atoms with Gasteiger partial charge in [-0.15, -0.1) is 0 Å². The van der Waals surface area contributed by atoms with Crippen molar-refractivity contribution in [1.82, 2.24) is 0 Å². The average molecular weight is 562 g/mol. The Morgan fingerprint density at radius 1 is 0.429 bits per heavy atom. The van der Waals surface area contributed by atoms with Crippen molar-refractivity contribution in [2.75, 3.05) is 16.0 Å². The molecule has 3 aliphatic rings. The standard InChI is InChI=1S/3C13H17N/c3*1-9-7-10-8-11(13(2,3)4)5-6-12(10)14-9/h3*5-6,8,14H,1,7H2,2-4H3. The molecule has 0 unspecified atom stereocenters. The number of hydrogen-bond acceptors (Lipinski definition) is 3. The molecule has 42 heavy (non-hydrogen) atoms. The maximum Gasteiger partial charge on any atom is 0.0418 e. The van der Waals surface area contributed by atoms with E-state index in [2.05, 4.69) is 153 Å². The molecular formula is C39H51N3. The zero-order valence-electron chi connectivity index (χ0n) is 27.4. The summed E-state index contributed by atoms with van der Waals surface area (Å²) < 4.78 is 0. The van der Waals surface area contributed by atoms with Crippen molar-refractivity contribution in [3.05, 3.63) is 125 Å².